The third-order valence-electron chi connectivity index (χ3n) is 5.97. The highest BCUT2D eigenvalue weighted by atomic mass is 16.6. The Labute approximate surface area is 264 Å². The zero-order chi connectivity index (χ0) is 32.5. The van der Waals surface area contributed by atoms with Gasteiger partial charge < -0.3 is 33.2 Å². The van der Waals surface area contributed by atoms with Gasteiger partial charge in [0.1, 0.15) is 13.2 Å². The van der Waals surface area contributed by atoms with E-state index in [0.717, 1.165) is 12.8 Å². The minimum Gasteiger partial charge on any atom is -0.462 e. The lowest BCUT2D eigenvalue weighted by Gasteiger charge is -2.10. The van der Waals surface area contributed by atoms with Crippen LogP contribution in [-0.4, -0.2) is 89.9 Å². The number of rotatable bonds is 24. The molecule has 0 saturated heterocycles. The van der Waals surface area contributed by atoms with Crippen LogP contribution in [0.3, 0.4) is 0 Å². The van der Waals surface area contributed by atoms with Gasteiger partial charge in [-0.15, -0.1) is 13.2 Å². The second kappa shape index (κ2) is 23.1. The molecule has 45 heavy (non-hydrogen) atoms. The van der Waals surface area contributed by atoms with Crippen LogP contribution in [0.15, 0.2) is 73.8 Å². The van der Waals surface area contributed by atoms with Crippen molar-refractivity contribution in [2.45, 2.75) is 25.7 Å². The van der Waals surface area contributed by atoms with E-state index in [9.17, 15) is 19.2 Å². The minimum atomic E-state index is -0.641. The van der Waals surface area contributed by atoms with Crippen LogP contribution in [0.2, 0.25) is 0 Å². The summed E-state index contributed by atoms with van der Waals surface area (Å²) < 4.78 is 37.1. The largest absolute Gasteiger partial charge is 0.462 e. The van der Waals surface area contributed by atoms with Crippen LogP contribution in [0.5, 0.6) is 0 Å². The number of benzene rings is 2. The molecule has 0 aliphatic rings. The molecular weight excluding hydrogens is 584 g/mol. The summed E-state index contributed by atoms with van der Waals surface area (Å²) >= 11 is 0. The monoisotopic (exact) mass is 626 g/mol. The Morgan fingerprint density at radius 1 is 0.444 bits per heavy atom. The molecule has 11 nitrogen and oxygen atoms in total. The van der Waals surface area contributed by atoms with Gasteiger partial charge in [-0.2, -0.15) is 0 Å². The third-order valence-corrected chi connectivity index (χ3v) is 5.97. The number of hydrogen-bond acceptors (Lipinski definition) is 11. The van der Waals surface area contributed by atoms with Gasteiger partial charge >= 0.3 is 23.9 Å². The second-order valence-electron chi connectivity index (χ2n) is 9.33. The topological polar surface area (TPSA) is 133 Å². The molecule has 0 aromatic heterocycles. The average Bonchev–Trinajstić information content (AvgIpc) is 3.06. The first-order valence-corrected chi connectivity index (χ1v) is 14.8. The van der Waals surface area contributed by atoms with Crippen LogP contribution in [0, 0.1) is 0 Å². The molecule has 0 bridgehead atoms. The molecule has 0 saturated carbocycles. The highest BCUT2D eigenvalue weighted by Gasteiger charge is 2.20. The van der Waals surface area contributed by atoms with Crippen molar-refractivity contribution in [2.24, 2.45) is 0 Å². The standard InChI is InChI=1S/C34H42O11/c1-3-5-11-17-42-31(35)27-13-7-9-15-29(27)33(37)44-25-23-40-21-19-39-20-22-41-24-26-45-34(38)30-16-10-8-14-28(30)32(36)43-18-12-6-4-2/h3-4,7-10,13-16H,1-2,5-6,11-12,17-26H2. The zero-order valence-corrected chi connectivity index (χ0v) is 25.6. The molecule has 0 radical (unpaired) electrons. The van der Waals surface area contributed by atoms with Crippen LogP contribution in [0.1, 0.15) is 67.1 Å². The molecule has 0 unspecified atom stereocenters. The number of allylic oxidation sites excluding steroid dienone is 2. The van der Waals surface area contributed by atoms with E-state index in [-0.39, 0.29) is 75.1 Å². The molecule has 2 rings (SSSR count). The Kier molecular flexibility index (Phi) is 18.9. The Hall–Kier alpha value is -4.32. The molecular formula is C34H42O11. The maximum Gasteiger partial charge on any atom is 0.339 e. The van der Waals surface area contributed by atoms with E-state index >= 15 is 0 Å². The van der Waals surface area contributed by atoms with Gasteiger partial charge in [-0.25, -0.2) is 19.2 Å². The van der Waals surface area contributed by atoms with E-state index in [4.69, 9.17) is 33.2 Å². The summed E-state index contributed by atoms with van der Waals surface area (Å²) in [5, 5.41) is 0. The van der Waals surface area contributed by atoms with Crippen LogP contribution in [0.4, 0.5) is 0 Å². The molecule has 0 atom stereocenters. The lowest BCUT2D eigenvalue weighted by Crippen LogP contribution is -2.18. The molecule has 0 aliphatic heterocycles. The summed E-state index contributed by atoms with van der Waals surface area (Å²) in [6.07, 6.45) is 6.25. The van der Waals surface area contributed by atoms with E-state index in [1.807, 2.05) is 0 Å². The number of ether oxygens (including phenoxy) is 7. The lowest BCUT2D eigenvalue weighted by molar-refractivity contribution is -0.00687. The molecule has 2 aromatic rings. The quantitative estimate of drug-likeness (QED) is 0.0675. The van der Waals surface area contributed by atoms with Crippen molar-refractivity contribution in [1.82, 2.24) is 0 Å². The third kappa shape index (κ3) is 14.8. The fraction of sp³-hybridized carbons (Fsp3) is 0.412. The number of carbonyl (C=O) groups is 4. The zero-order valence-electron chi connectivity index (χ0n) is 25.6. The average molecular weight is 627 g/mol. The van der Waals surface area contributed by atoms with Crippen molar-refractivity contribution < 1.29 is 52.3 Å². The van der Waals surface area contributed by atoms with Crippen molar-refractivity contribution >= 4 is 23.9 Å². The number of esters is 4. The van der Waals surface area contributed by atoms with Crippen LogP contribution < -0.4 is 0 Å². The van der Waals surface area contributed by atoms with Gasteiger partial charge in [-0.1, -0.05) is 36.4 Å². The van der Waals surface area contributed by atoms with Gasteiger partial charge in [0.15, 0.2) is 0 Å². The van der Waals surface area contributed by atoms with E-state index in [0.29, 0.717) is 26.1 Å². The Bertz CT molecular complexity index is 1130. The molecule has 244 valence electrons. The predicted octanol–water partition coefficient (Wildman–Crippen LogP) is 5.00. The first-order valence-electron chi connectivity index (χ1n) is 14.8. The fourth-order valence-corrected chi connectivity index (χ4v) is 3.70. The molecule has 2 aromatic carbocycles. The summed E-state index contributed by atoms with van der Waals surface area (Å²) in [5.41, 5.74) is 0.552. The lowest BCUT2D eigenvalue weighted by atomic mass is 10.1. The first kappa shape index (κ1) is 36.9. The molecule has 0 N–H and O–H groups in total. The van der Waals surface area contributed by atoms with E-state index in [1.54, 1.807) is 36.4 Å². The van der Waals surface area contributed by atoms with Gasteiger partial charge in [0, 0.05) is 0 Å². The SMILES string of the molecule is C=CCCCOC(=O)c1ccccc1C(=O)OCCOCCOCCOCCOC(=O)c1ccccc1C(=O)OCCCC=C. The Balaban J connectivity index is 1.52. The number of hydrogen-bond donors (Lipinski definition) is 0. The highest BCUT2D eigenvalue weighted by Crippen LogP contribution is 2.14. The molecule has 0 spiro atoms. The highest BCUT2D eigenvalue weighted by molar-refractivity contribution is 6.03. The first-order chi connectivity index (χ1) is 22.0. The minimum absolute atomic E-state index is 0.00474. The fourth-order valence-electron chi connectivity index (χ4n) is 3.70. The van der Waals surface area contributed by atoms with Gasteiger partial charge in [0.25, 0.3) is 0 Å². The van der Waals surface area contributed by atoms with Crippen LogP contribution in [0.25, 0.3) is 0 Å². The summed E-state index contributed by atoms with van der Waals surface area (Å²) in [4.78, 5) is 49.5. The molecule has 0 heterocycles. The van der Waals surface area contributed by atoms with Crippen molar-refractivity contribution in [3.05, 3.63) is 96.1 Å². The second-order valence-corrected chi connectivity index (χ2v) is 9.33. The summed E-state index contributed by atoms with van der Waals surface area (Å²) in [6.45, 7) is 9.19. The van der Waals surface area contributed by atoms with Crippen LogP contribution in [-0.2, 0) is 33.2 Å². The van der Waals surface area contributed by atoms with Gasteiger partial charge in [-0.05, 0) is 49.9 Å². The van der Waals surface area contributed by atoms with E-state index < -0.39 is 23.9 Å². The summed E-state index contributed by atoms with van der Waals surface area (Å²) in [7, 11) is 0. The van der Waals surface area contributed by atoms with Crippen molar-refractivity contribution in [1.29, 1.82) is 0 Å². The Morgan fingerprint density at radius 3 is 1.00 bits per heavy atom. The normalized spacial score (nSPS) is 10.5. The predicted molar refractivity (Wildman–Crippen MR) is 165 cm³/mol. The summed E-state index contributed by atoms with van der Waals surface area (Å²) in [6, 6.07) is 12.6. The summed E-state index contributed by atoms with van der Waals surface area (Å²) in [5.74, 6) is -2.45. The van der Waals surface area contributed by atoms with Gasteiger partial charge in [0.2, 0.25) is 0 Å². The van der Waals surface area contributed by atoms with E-state index in [1.165, 1.54) is 24.3 Å². The van der Waals surface area contributed by atoms with Crippen molar-refractivity contribution in [3.8, 4) is 0 Å². The molecule has 0 aliphatic carbocycles. The van der Waals surface area contributed by atoms with Gasteiger partial charge in [0.05, 0.1) is 75.1 Å². The maximum atomic E-state index is 12.4. The van der Waals surface area contributed by atoms with Gasteiger partial charge in [-0.3, -0.25) is 0 Å². The van der Waals surface area contributed by atoms with E-state index in [2.05, 4.69) is 13.2 Å². The van der Waals surface area contributed by atoms with Crippen molar-refractivity contribution in [3.63, 3.8) is 0 Å². The molecule has 0 fully saturated rings. The Morgan fingerprint density at radius 2 is 0.711 bits per heavy atom. The smallest absolute Gasteiger partial charge is 0.339 e. The molecule has 0 amide bonds. The number of unbranched alkanes of at least 4 members (excludes halogenated alkanes) is 2. The number of carbonyl (C=O) groups excluding carboxylic acids is 4. The molecule has 11 heteroatoms. The van der Waals surface area contributed by atoms with Crippen molar-refractivity contribution in [2.75, 3.05) is 66.1 Å². The van der Waals surface area contributed by atoms with Crippen LogP contribution >= 0.6 is 0 Å². The maximum absolute atomic E-state index is 12.4.